The van der Waals surface area contributed by atoms with Gasteiger partial charge in [-0.15, -0.1) is 11.3 Å². The van der Waals surface area contributed by atoms with Gasteiger partial charge in [0, 0.05) is 12.0 Å². The topological polar surface area (TPSA) is 93.3 Å². The van der Waals surface area contributed by atoms with Gasteiger partial charge in [0.25, 0.3) is 0 Å². The third kappa shape index (κ3) is 2.97. The van der Waals surface area contributed by atoms with Crippen molar-refractivity contribution >= 4 is 23.2 Å². The lowest BCUT2D eigenvalue weighted by molar-refractivity contribution is 0.0700. The Labute approximate surface area is 113 Å². The summed E-state index contributed by atoms with van der Waals surface area (Å²) in [6.45, 7) is 1.77. The van der Waals surface area contributed by atoms with Crippen molar-refractivity contribution in [1.82, 2.24) is 4.98 Å². The van der Waals surface area contributed by atoms with Crippen molar-refractivity contribution in [1.29, 1.82) is 0 Å². The van der Waals surface area contributed by atoms with E-state index in [1.165, 1.54) is 0 Å². The molecular weight excluding hydrogens is 264 g/mol. The van der Waals surface area contributed by atoms with Gasteiger partial charge in [-0.2, -0.15) is 0 Å². The van der Waals surface area contributed by atoms with Gasteiger partial charge >= 0.3 is 5.97 Å². The van der Waals surface area contributed by atoms with E-state index < -0.39 is 11.9 Å². The van der Waals surface area contributed by atoms with Gasteiger partial charge in [0.15, 0.2) is 0 Å². The average Bonchev–Trinajstić information content (AvgIpc) is 2.71. The molecule has 0 atom stereocenters. The third-order valence-corrected chi connectivity index (χ3v) is 3.61. The van der Waals surface area contributed by atoms with Crippen LogP contribution in [0.3, 0.4) is 0 Å². The molecule has 1 aromatic heterocycles. The fourth-order valence-corrected chi connectivity index (χ4v) is 2.51. The van der Waals surface area contributed by atoms with Crippen LogP contribution in [0, 0.1) is 6.92 Å². The summed E-state index contributed by atoms with van der Waals surface area (Å²) in [6, 6.07) is 6.75. The van der Waals surface area contributed by atoms with Crippen molar-refractivity contribution in [2.24, 2.45) is 5.73 Å². The second kappa shape index (κ2) is 5.19. The Morgan fingerprint density at radius 2 is 1.95 bits per heavy atom. The molecule has 0 radical (unpaired) electrons. The van der Waals surface area contributed by atoms with Gasteiger partial charge in [0.1, 0.15) is 4.88 Å². The summed E-state index contributed by atoms with van der Waals surface area (Å²) < 4.78 is 0. The van der Waals surface area contributed by atoms with Gasteiger partial charge in [-0.25, -0.2) is 9.78 Å². The van der Waals surface area contributed by atoms with Crippen LogP contribution >= 0.6 is 11.3 Å². The molecule has 0 saturated heterocycles. The quantitative estimate of drug-likeness (QED) is 0.891. The van der Waals surface area contributed by atoms with Crippen molar-refractivity contribution in [3.63, 3.8) is 0 Å². The molecule has 0 aliphatic rings. The van der Waals surface area contributed by atoms with Gasteiger partial charge in [0.05, 0.1) is 10.7 Å². The first-order chi connectivity index (χ1) is 8.97. The number of hydrogen-bond acceptors (Lipinski definition) is 4. The zero-order valence-corrected chi connectivity index (χ0v) is 11.0. The van der Waals surface area contributed by atoms with Gasteiger partial charge < -0.3 is 10.8 Å². The van der Waals surface area contributed by atoms with E-state index in [4.69, 9.17) is 10.8 Å². The van der Waals surface area contributed by atoms with Crippen LogP contribution in [0.25, 0.3) is 0 Å². The Morgan fingerprint density at radius 1 is 1.32 bits per heavy atom. The number of carbonyl (C=O) groups is 2. The van der Waals surface area contributed by atoms with Crippen LogP contribution in [0.5, 0.6) is 0 Å². The lowest BCUT2D eigenvalue weighted by Crippen LogP contribution is -2.10. The standard InChI is InChI=1S/C13H12N2O3S/c1-7-15-10(11(19-7)13(17)18)6-8-2-4-9(5-3-8)12(14)16/h2-5H,6H2,1H3,(H2,14,16)(H,17,18). The fourth-order valence-electron chi connectivity index (χ4n) is 1.74. The number of thiazole rings is 1. The Morgan fingerprint density at radius 3 is 2.47 bits per heavy atom. The molecule has 2 aromatic rings. The molecule has 6 heteroatoms. The minimum absolute atomic E-state index is 0.261. The van der Waals surface area contributed by atoms with E-state index >= 15 is 0 Å². The monoisotopic (exact) mass is 276 g/mol. The average molecular weight is 276 g/mol. The Bertz CT molecular complexity index is 632. The number of primary amides is 1. The normalized spacial score (nSPS) is 10.4. The first kappa shape index (κ1) is 13.2. The lowest BCUT2D eigenvalue weighted by atomic mass is 10.1. The number of carboxylic acid groups (broad SMARTS) is 1. The van der Waals surface area contributed by atoms with Crippen LogP contribution in [-0.2, 0) is 6.42 Å². The van der Waals surface area contributed by atoms with Crippen LogP contribution in [-0.4, -0.2) is 22.0 Å². The minimum Gasteiger partial charge on any atom is -0.477 e. The molecule has 0 aliphatic carbocycles. The second-order valence-corrected chi connectivity index (χ2v) is 5.25. The number of rotatable bonds is 4. The molecule has 19 heavy (non-hydrogen) atoms. The van der Waals surface area contributed by atoms with Crippen LogP contribution < -0.4 is 5.73 Å². The van der Waals surface area contributed by atoms with E-state index in [9.17, 15) is 9.59 Å². The highest BCUT2D eigenvalue weighted by molar-refractivity contribution is 7.13. The number of carboxylic acids is 1. The predicted octanol–water partition coefficient (Wildman–Crippen LogP) is 1.84. The van der Waals surface area contributed by atoms with Crippen LogP contribution in [0.4, 0.5) is 0 Å². The molecule has 1 heterocycles. The molecule has 0 fully saturated rings. The maximum atomic E-state index is 11.1. The summed E-state index contributed by atoms with van der Waals surface area (Å²) in [7, 11) is 0. The number of amides is 1. The SMILES string of the molecule is Cc1nc(Cc2ccc(C(N)=O)cc2)c(C(=O)O)s1. The second-order valence-electron chi connectivity index (χ2n) is 4.05. The fraction of sp³-hybridized carbons (Fsp3) is 0.154. The maximum Gasteiger partial charge on any atom is 0.347 e. The first-order valence-corrected chi connectivity index (χ1v) is 6.37. The molecule has 1 aromatic carbocycles. The molecule has 0 spiro atoms. The maximum absolute atomic E-state index is 11.1. The molecular formula is C13H12N2O3S. The van der Waals surface area contributed by atoms with Crippen molar-refractivity contribution in [2.75, 3.05) is 0 Å². The van der Waals surface area contributed by atoms with E-state index in [-0.39, 0.29) is 4.88 Å². The van der Waals surface area contributed by atoms with Crippen LogP contribution in [0.15, 0.2) is 24.3 Å². The third-order valence-electron chi connectivity index (χ3n) is 2.61. The zero-order chi connectivity index (χ0) is 14.0. The van der Waals surface area contributed by atoms with Crippen molar-refractivity contribution in [3.05, 3.63) is 51.0 Å². The number of aryl methyl sites for hydroxylation is 1. The van der Waals surface area contributed by atoms with Crippen LogP contribution in [0.1, 0.15) is 36.3 Å². The number of aromatic carboxylic acids is 1. The number of benzene rings is 1. The largest absolute Gasteiger partial charge is 0.477 e. The lowest BCUT2D eigenvalue weighted by Gasteiger charge is -2.01. The summed E-state index contributed by atoms with van der Waals surface area (Å²) in [5.41, 5.74) is 7.01. The zero-order valence-electron chi connectivity index (χ0n) is 10.2. The van der Waals surface area contributed by atoms with Crippen molar-refractivity contribution < 1.29 is 14.7 Å². The Hall–Kier alpha value is -2.21. The summed E-state index contributed by atoms with van der Waals surface area (Å²) in [4.78, 5) is 26.5. The summed E-state index contributed by atoms with van der Waals surface area (Å²) in [5.74, 6) is -1.45. The van der Waals surface area contributed by atoms with E-state index in [0.717, 1.165) is 21.9 Å². The number of aromatic nitrogens is 1. The smallest absolute Gasteiger partial charge is 0.347 e. The van der Waals surface area contributed by atoms with Crippen LogP contribution in [0.2, 0.25) is 0 Å². The summed E-state index contributed by atoms with van der Waals surface area (Å²) in [5, 5.41) is 9.81. The Kier molecular flexibility index (Phi) is 3.62. The number of nitrogens with two attached hydrogens (primary N) is 1. The highest BCUT2D eigenvalue weighted by atomic mass is 32.1. The van der Waals surface area contributed by atoms with E-state index in [0.29, 0.717) is 17.7 Å². The number of hydrogen-bond donors (Lipinski definition) is 2. The number of nitrogens with zero attached hydrogens (tertiary/aromatic N) is 1. The first-order valence-electron chi connectivity index (χ1n) is 5.55. The molecule has 2 rings (SSSR count). The molecule has 0 bridgehead atoms. The highest BCUT2D eigenvalue weighted by Gasteiger charge is 2.15. The summed E-state index contributed by atoms with van der Waals surface area (Å²) >= 11 is 1.16. The highest BCUT2D eigenvalue weighted by Crippen LogP contribution is 2.21. The van der Waals surface area contributed by atoms with E-state index in [2.05, 4.69) is 4.98 Å². The Balaban J connectivity index is 2.26. The molecule has 0 saturated carbocycles. The van der Waals surface area contributed by atoms with E-state index in [1.807, 2.05) is 0 Å². The van der Waals surface area contributed by atoms with Gasteiger partial charge in [0.2, 0.25) is 5.91 Å². The van der Waals surface area contributed by atoms with Gasteiger partial charge in [-0.1, -0.05) is 12.1 Å². The van der Waals surface area contributed by atoms with Crippen molar-refractivity contribution in [2.45, 2.75) is 13.3 Å². The molecule has 0 unspecified atom stereocenters. The van der Waals surface area contributed by atoms with Crippen molar-refractivity contribution in [3.8, 4) is 0 Å². The predicted molar refractivity (Wildman–Crippen MR) is 71.6 cm³/mol. The van der Waals surface area contributed by atoms with E-state index in [1.54, 1.807) is 31.2 Å². The summed E-state index contributed by atoms with van der Waals surface area (Å²) in [6.07, 6.45) is 0.422. The minimum atomic E-state index is -0.964. The molecule has 0 aliphatic heterocycles. The van der Waals surface area contributed by atoms with Gasteiger partial charge in [-0.05, 0) is 24.6 Å². The molecule has 1 amide bonds. The molecule has 3 N–H and O–H groups in total. The number of carbonyl (C=O) groups excluding carboxylic acids is 1. The molecule has 5 nitrogen and oxygen atoms in total. The molecule has 98 valence electrons. The van der Waals surface area contributed by atoms with Gasteiger partial charge in [-0.3, -0.25) is 4.79 Å².